The van der Waals surface area contributed by atoms with Crippen molar-refractivity contribution in [3.8, 4) is 0 Å². The summed E-state index contributed by atoms with van der Waals surface area (Å²) in [6, 6.07) is 12.4. The van der Waals surface area contributed by atoms with E-state index in [2.05, 4.69) is 41.1 Å². The van der Waals surface area contributed by atoms with Crippen LogP contribution in [0.3, 0.4) is 0 Å². The molecule has 3 rings (SSSR count). The van der Waals surface area contributed by atoms with Gasteiger partial charge in [-0.15, -0.1) is 11.3 Å². The first kappa shape index (κ1) is 11.8. The van der Waals surface area contributed by atoms with E-state index in [1.54, 1.807) is 11.3 Å². The average Bonchev–Trinajstić information content (AvgIpc) is 2.99. The predicted molar refractivity (Wildman–Crippen MR) is 77.4 cm³/mol. The van der Waals surface area contributed by atoms with Crippen LogP contribution in [0, 0.1) is 0 Å². The SMILES string of the molecule is CN1NC(c2ccc(Cl)cc2)=CC1c1cccs1. The van der Waals surface area contributed by atoms with Gasteiger partial charge >= 0.3 is 0 Å². The molecule has 0 radical (unpaired) electrons. The lowest BCUT2D eigenvalue weighted by molar-refractivity contribution is 0.264. The number of rotatable bonds is 2. The number of halogens is 1. The van der Waals surface area contributed by atoms with Crippen LogP contribution < -0.4 is 5.43 Å². The van der Waals surface area contributed by atoms with Gasteiger partial charge in [-0.3, -0.25) is 0 Å². The van der Waals surface area contributed by atoms with Crippen LogP contribution in [-0.4, -0.2) is 12.1 Å². The summed E-state index contributed by atoms with van der Waals surface area (Å²) in [7, 11) is 2.06. The Hall–Kier alpha value is -1.29. The number of likely N-dealkylation sites (N-methyl/N-ethyl adjacent to an activating group) is 1. The summed E-state index contributed by atoms with van der Waals surface area (Å²) in [6.07, 6.45) is 2.25. The zero-order valence-electron chi connectivity index (χ0n) is 9.93. The second-order valence-corrected chi connectivity index (χ2v) is 5.69. The summed E-state index contributed by atoms with van der Waals surface area (Å²) >= 11 is 7.68. The molecular weight excluding hydrogens is 264 g/mol. The molecule has 2 nitrogen and oxygen atoms in total. The van der Waals surface area contributed by atoms with Crippen LogP contribution in [0.15, 0.2) is 47.9 Å². The topological polar surface area (TPSA) is 15.3 Å². The maximum atomic E-state index is 5.91. The van der Waals surface area contributed by atoms with Gasteiger partial charge in [0.25, 0.3) is 0 Å². The minimum Gasteiger partial charge on any atom is -0.318 e. The molecule has 1 aliphatic rings. The Kier molecular flexibility index (Phi) is 3.12. The fourth-order valence-corrected chi connectivity index (χ4v) is 3.05. The molecule has 1 unspecified atom stereocenters. The quantitative estimate of drug-likeness (QED) is 0.894. The summed E-state index contributed by atoms with van der Waals surface area (Å²) in [6.45, 7) is 0. The number of hydrazine groups is 1. The molecule has 0 bridgehead atoms. The van der Waals surface area contributed by atoms with E-state index in [4.69, 9.17) is 11.6 Å². The zero-order chi connectivity index (χ0) is 12.5. The highest BCUT2D eigenvalue weighted by Gasteiger charge is 2.23. The lowest BCUT2D eigenvalue weighted by Crippen LogP contribution is -2.29. The fourth-order valence-electron chi connectivity index (χ4n) is 2.09. The van der Waals surface area contributed by atoms with E-state index in [0.717, 1.165) is 16.3 Å². The summed E-state index contributed by atoms with van der Waals surface area (Å²) < 4.78 is 0. The number of nitrogens with zero attached hydrogens (tertiary/aromatic N) is 1. The van der Waals surface area contributed by atoms with Gasteiger partial charge < -0.3 is 5.43 Å². The van der Waals surface area contributed by atoms with E-state index in [1.165, 1.54) is 4.88 Å². The maximum absolute atomic E-state index is 5.91. The number of thiophene rings is 1. The first-order valence-corrected chi connectivity index (χ1v) is 7.00. The van der Waals surface area contributed by atoms with Crippen LogP contribution in [0.1, 0.15) is 16.5 Å². The van der Waals surface area contributed by atoms with Crippen molar-refractivity contribution in [2.45, 2.75) is 6.04 Å². The van der Waals surface area contributed by atoms with Crippen molar-refractivity contribution < 1.29 is 0 Å². The largest absolute Gasteiger partial charge is 0.318 e. The molecule has 1 aromatic carbocycles. The van der Waals surface area contributed by atoms with E-state index >= 15 is 0 Å². The van der Waals surface area contributed by atoms with Crippen molar-refractivity contribution >= 4 is 28.6 Å². The lowest BCUT2D eigenvalue weighted by atomic mass is 10.1. The second-order valence-electron chi connectivity index (χ2n) is 4.27. The van der Waals surface area contributed by atoms with Crippen molar-refractivity contribution in [3.05, 3.63) is 63.3 Å². The molecule has 2 aromatic rings. The molecule has 1 N–H and O–H groups in total. The van der Waals surface area contributed by atoms with Gasteiger partial charge in [-0.05, 0) is 35.2 Å². The third kappa shape index (κ3) is 2.17. The molecule has 0 fully saturated rings. The molecule has 1 aromatic heterocycles. The molecule has 0 spiro atoms. The Morgan fingerprint density at radius 1 is 1.22 bits per heavy atom. The Balaban J connectivity index is 1.91. The smallest absolute Gasteiger partial charge is 0.0833 e. The van der Waals surface area contributed by atoms with Crippen LogP contribution in [0.2, 0.25) is 5.02 Å². The van der Waals surface area contributed by atoms with Crippen LogP contribution in [0.5, 0.6) is 0 Å². The zero-order valence-corrected chi connectivity index (χ0v) is 11.5. The van der Waals surface area contributed by atoms with Crippen molar-refractivity contribution in [2.75, 3.05) is 7.05 Å². The lowest BCUT2D eigenvalue weighted by Gasteiger charge is -2.18. The molecular formula is C14H13ClN2S. The fraction of sp³-hybridized carbons (Fsp3) is 0.143. The molecule has 0 amide bonds. The minimum absolute atomic E-state index is 0.302. The summed E-state index contributed by atoms with van der Waals surface area (Å²) in [5.74, 6) is 0. The standard InChI is InChI=1S/C14H13ClN2S/c1-17-13(14-3-2-8-18-14)9-12(16-17)10-4-6-11(15)7-5-10/h2-9,13,16H,1H3. The van der Waals surface area contributed by atoms with E-state index < -0.39 is 0 Å². The first-order chi connectivity index (χ1) is 8.74. The first-order valence-electron chi connectivity index (χ1n) is 5.75. The average molecular weight is 277 g/mol. The van der Waals surface area contributed by atoms with Crippen LogP contribution in [-0.2, 0) is 0 Å². The molecule has 4 heteroatoms. The number of nitrogens with one attached hydrogen (secondary N) is 1. The van der Waals surface area contributed by atoms with Gasteiger partial charge in [-0.1, -0.05) is 29.8 Å². The van der Waals surface area contributed by atoms with Gasteiger partial charge in [0.15, 0.2) is 0 Å². The number of hydrogen-bond acceptors (Lipinski definition) is 3. The van der Waals surface area contributed by atoms with E-state index in [9.17, 15) is 0 Å². The third-order valence-electron chi connectivity index (χ3n) is 3.03. The van der Waals surface area contributed by atoms with Gasteiger partial charge in [0.2, 0.25) is 0 Å². The molecule has 1 atom stereocenters. The Morgan fingerprint density at radius 3 is 2.67 bits per heavy atom. The van der Waals surface area contributed by atoms with E-state index in [1.807, 2.05) is 24.3 Å². The summed E-state index contributed by atoms with van der Waals surface area (Å²) in [5, 5.41) is 4.99. The normalized spacial score (nSPS) is 19.7. The Morgan fingerprint density at radius 2 is 2.00 bits per heavy atom. The Labute approximate surface area is 115 Å². The Bertz CT molecular complexity index is 560. The van der Waals surface area contributed by atoms with Gasteiger partial charge in [0, 0.05) is 16.9 Å². The number of benzene rings is 1. The van der Waals surface area contributed by atoms with E-state index in [0.29, 0.717) is 6.04 Å². The van der Waals surface area contributed by atoms with Gasteiger partial charge in [0.1, 0.15) is 0 Å². The van der Waals surface area contributed by atoms with Crippen LogP contribution in [0.4, 0.5) is 0 Å². The second kappa shape index (κ2) is 4.76. The number of hydrogen-bond donors (Lipinski definition) is 1. The van der Waals surface area contributed by atoms with Crippen molar-refractivity contribution in [1.82, 2.24) is 10.4 Å². The monoisotopic (exact) mass is 276 g/mol. The molecule has 18 heavy (non-hydrogen) atoms. The molecule has 2 heterocycles. The van der Waals surface area contributed by atoms with Crippen LogP contribution >= 0.6 is 22.9 Å². The summed E-state index contributed by atoms with van der Waals surface area (Å²) in [5.41, 5.74) is 5.68. The maximum Gasteiger partial charge on any atom is 0.0833 e. The molecule has 0 aliphatic carbocycles. The van der Waals surface area contributed by atoms with Crippen molar-refractivity contribution in [3.63, 3.8) is 0 Å². The molecule has 0 saturated carbocycles. The summed E-state index contributed by atoms with van der Waals surface area (Å²) in [4.78, 5) is 1.34. The molecule has 1 aliphatic heterocycles. The van der Waals surface area contributed by atoms with Gasteiger partial charge in [-0.2, -0.15) is 0 Å². The van der Waals surface area contributed by atoms with Gasteiger partial charge in [-0.25, -0.2) is 5.01 Å². The highest BCUT2D eigenvalue weighted by molar-refractivity contribution is 7.10. The van der Waals surface area contributed by atoms with Crippen molar-refractivity contribution in [1.29, 1.82) is 0 Å². The third-order valence-corrected chi connectivity index (χ3v) is 4.22. The molecule has 92 valence electrons. The van der Waals surface area contributed by atoms with E-state index in [-0.39, 0.29) is 0 Å². The minimum atomic E-state index is 0.302. The van der Waals surface area contributed by atoms with Crippen molar-refractivity contribution in [2.24, 2.45) is 0 Å². The van der Waals surface area contributed by atoms with Gasteiger partial charge in [0.05, 0.1) is 11.7 Å². The van der Waals surface area contributed by atoms with Crippen LogP contribution in [0.25, 0.3) is 5.70 Å². The molecule has 0 saturated heterocycles. The highest BCUT2D eigenvalue weighted by atomic mass is 35.5. The highest BCUT2D eigenvalue weighted by Crippen LogP contribution is 2.32. The predicted octanol–water partition coefficient (Wildman–Crippen LogP) is 3.93.